The fourth-order valence-corrected chi connectivity index (χ4v) is 2.44. The highest BCUT2D eigenvalue weighted by molar-refractivity contribution is 5.95. The van der Waals surface area contributed by atoms with Crippen molar-refractivity contribution in [3.63, 3.8) is 0 Å². The number of benzene rings is 1. The Kier molecular flexibility index (Phi) is 3.37. The molecule has 1 aromatic carbocycles. The van der Waals surface area contributed by atoms with E-state index in [4.69, 9.17) is 0 Å². The SMILES string of the molecule is O=C(CC1CCCN1)c1cnnn1-c1ccccc1. The molecule has 2 aromatic rings. The maximum atomic E-state index is 12.3. The molecule has 1 N–H and O–H groups in total. The molecule has 1 unspecified atom stereocenters. The molecule has 1 atom stereocenters. The molecular formula is C14H16N4O. The van der Waals surface area contributed by atoms with Crippen LogP contribution in [-0.2, 0) is 0 Å². The fraction of sp³-hybridized carbons (Fsp3) is 0.357. The topological polar surface area (TPSA) is 59.8 Å². The Labute approximate surface area is 111 Å². The summed E-state index contributed by atoms with van der Waals surface area (Å²) in [7, 11) is 0. The van der Waals surface area contributed by atoms with E-state index in [-0.39, 0.29) is 5.78 Å². The molecular weight excluding hydrogens is 240 g/mol. The highest BCUT2D eigenvalue weighted by Crippen LogP contribution is 2.15. The molecule has 98 valence electrons. The van der Waals surface area contributed by atoms with Crippen LogP contribution in [-0.4, -0.2) is 33.4 Å². The lowest BCUT2D eigenvalue weighted by atomic mass is 10.1. The van der Waals surface area contributed by atoms with E-state index in [1.165, 1.54) is 0 Å². The first kappa shape index (κ1) is 12.0. The van der Waals surface area contributed by atoms with Gasteiger partial charge in [0.2, 0.25) is 0 Å². The van der Waals surface area contributed by atoms with Gasteiger partial charge in [-0.1, -0.05) is 23.4 Å². The van der Waals surface area contributed by atoms with Crippen molar-refractivity contribution in [2.45, 2.75) is 25.3 Å². The Balaban J connectivity index is 1.81. The van der Waals surface area contributed by atoms with Gasteiger partial charge in [0.15, 0.2) is 5.78 Å². The van der Waals surface area contributed by atoms with E-state index in [0.717, 1.165) is 25.1 Å². The third kappa shape index (κ3) is 2.56. The summed E-state index contributed by atoms with van der Waals surface area (Å²) >= 11 is 0. The number of carbonyl (C=O) groups excluding carboxylic acids is 1. The van der Waals surface area contributed by atoms with E-state index >= 15 is 0 Å². The Morgan fingerprint density at radius 1 is 1.37 bits per heavy atom. The minimum Gasteiger partial charge on any atom is -0.314 e. The molecule has 0 bridgehead atoms. The highest BCUT2D eigenvalue weighted by Gasteiger charge is 2.21. The normalized spacial score (nSPS) is 18.6. The summed E-state index contributed by atoms with van der Waals surface area (Å²) < 4.78 is 1.61. The number of rotatable bonds is 4. The minimum atomic E-state index is 0.0910. The van der Waals surface area contributed by atoms with Crippen LogP contribution >= 0.6 is 0 Å². The number of hydrogen-bond donors (Lipinski definition) is 1. The number of carbonyl (C=O) groups is 1. The standard InChI is InChI=1S/C14H16N4O/c19-14(9-11-5-4-8-15-11)13-10-16-17-18(13)12-6-2-1-3-7-12/h1-3,6-7,10-11,15H,4-5,8-9H2. The molecule has 0 spiro atoms. The van der Waals surface area contributed by atoms with E-state index in [0.29, 0.717) is 18.2 Å². The van der Waals surface area contributed by atoms with Crippen molar-refractivity contribution in [3.05, 3.63) is 42.2 Å². The second kappa shape index (κ2) is 5.32. The highest BCUT2D eigenvalue weighted by atomic mass is 16.1. The van der Waals surface area contributed by atoms with Crippen molar-refractivity contribution in [2.24, 2.45) is 0 Å². The number of nitrogens with one attached hydrogen (secondary N) is 1. The second-order valence-corrected chi connectivity index (χ2v) is 4.79. The number of para-hydroxylation sites is 1. The molecule has 1 aliphatic rings. The van der Waals surface area contributed by atoms with Crippen molar-refractivity contribution < 1.29 is 4.79 Å². The molecule has 0 aliphatic carbocycles. The largest absolute Gasteiger partial charge is 0.314 e. The molecule has 1 saturated heterocycles. The first-order valence-electron chi connectivity index (χ1n) is 6.57. The number of ketones is 1. The minimum absolute atomic E-state index is 0.0910. The Hall–Kier alpha value is -2.01. The maximum Gasteiger partial charge on any atom is 0.184 e. The van der Waals surface area contributed by atoms with Gasteiger partial charge in [0.25, 0.3) is 0 Å². The third-order valence-corrected chi connectivity index (χ3v) is 3.43. The van der Waals surface area contributed by atoms with E-state index < -0.39 is 0 Å². The van der Waals surface area contributed by atoms with E-state index in [1.54, 1.807) is 10.9 Å². The number of nitrogens with zero attached hydrogens (tertiary/aromatic N) is 3. The zero-order chi connectivity index (χ0) is 13.1. The van der Waals surface area contributed by atoms with Crippen LogP contribution in [0.2, 0.25) is 0 Å². The summed E-state index contributed by atoms with van der Waals surface area (Å²) in [5, 5.41) is 11.2. The average Bonchev–Trinajstić information content (AvgIpc) is 3.10. The quantitative estimate of drug-likeness (QED) is 0.844. The molecule has 5 nitrogen and oxygen atoms in total. The Bertz CT molecular complexity index is 558. The molecule has 19 heavy (non-hydrogen) atoms. The Morgan fingerprint density at radius 3 is 2.95 bits per heavy atom. The maximum absolute atomic E-state index is 12.3. The molecule has 1 aromatic heterocycles. The summed E-state index contributed by atoms with van der Waals surface area (Å²) in [6.07, 6.45) is 4.28. The number of aromatic nitrogens is 3. The lowest BCUT2D eigenvalue weighted by Crippen LogP contribution is -2.25. The van der Waals surface area contributed by atoms with Gasteiger partial charge in [-0.3, -0.25) is 4.79 Å². The van der Waals surface area contributed by atoms with Crippen LogP contribution < -0.4 is 5.32 Å². The molecule has 5 heteroatoms. The number of Topliss-reactive ketones (excluding diaryl/α,β-unsaturated/α-hetero) is 1. The van der Waals surface area contributed by atoms with Crippen molar-refractivity contribution in [1.82, 2.24) is 20.3 Å². The summed E-state index contributed by atoms with van der Waals surface area (Å²) in [4.78, 5) is 12.3. The first-order valence-corrected chi connectivity index (χ1v) is 6.57. The van der Waals surface area contributed by atoms with Crippen LogP contribution in [0.25, 0.3) is 5.69 Å². The van der Waals surface area contributed by atoms with E-state index in [1.807, 2.05) is 30.3 Å². The molecule has 0 radical (unpaired) electrons. The van der Waals surface area contributed by atoms with Crippen LogP contribution in [0.5, 0.6) is 0 Å². The zero-order valence-electron chi connectivity index (χ0n) is 10.6. The second-order valence-electron chi connectivity index (χ2n) is 4.79. The Morgan fingerprint density at radius 2 is 2.21 bits per heavy atom. The molecule has 2 heterocycles. The van der Waals surface area contributed by atoms with Crippen molar-refractivity contribution >= 4 is 5.78 Å². The molecule has 0 saturated carbocycles. The molecule has 0 amide bonds. The lowest BCUT2D eigenvalue weighted by molar-refractivity contribution is 0.0964. The molecule has 1 aliphatic heterocycles. The summed E-state index contributed by atoms with van der Waals surface area (Å²) in [6.45, 7) is 1.01. The summed E-state index contributed by atoms with van der Waals surface area (Å²) in [5.41, 5.74) is 1.42. The van der Waals surface area contributed by atoms with Crippen LogP contribution in [0.3, 0.4) is 0 Å². The fourth-order valence-electron chi connectivity index (χ4n) is 2.44. The first-order chi connectivity index (χ1) is 9.34. The molecule has 1 fully saturated rings. The van der Waals surface area contributed by atoms with Gasteiger partial charge in [-0.2, -0.15) is 0 Å². The van der Waals surface area contributed by atoms with Crippen LogP contribution in [0.1, 0.15) is 29.8 Å². The van der Waals surface area contributed by atoms with Gasteiger partial charge in [0, 0.05) is 12.5 Å². The van der Waals surface area contributed by atoms with Gasteiger partial charge < -0.3 is 5.32 Å². The van der Waals surface area contributed by atoms with Gasteiger partial charge >= 0.3 is 0 Å². The van der Waals surface area contributed by atoms with E-state index in [2.05, 4.69) is 15.6 Å². The van der Waals surface area contributed by atoms with Gasteiger partial charge in [-0.25, -0.2) is 4.68 Å². The van der Waals surface area contributed by atoms with Crippen LogP contribution in [0.4, 0.5) is 0 Å². The number of hydrogen-bond acceptors (Lipinski definition) is 4. The van der Waals surface area contributed by atoms with Crippen molar-refractivity contribution in [1.29, 1.82) is 0 Å². The monoisotopic (exact) mass is 256 g/mol. The van der Waals surface area contributed by atoms with Gasteiger partial charge in [0.05, 0.1) is 11.9 Å². The molecule has 3 rings (SSSR count). The third-order valence-electron chi connectivity index (χ3n) is 3.43. The van der Waals surface area contributed by atoms with Gasteiger partial charge in [-0.15, -0.1) is 5.10 Å². The van der Waals surface area contributed by atoms with Gasteiger partial charge in [0.1, 0.15) is 5.69 Å². The lowest BCUT2D eigenvalue weighted by Gasteiger charge is -2.09. The van der Waals surface area contributed by atoms with Crippen LogP contribution in [0.15, 0.2) is 36.5 Å². The predicted octanol–water partition coefficient (Wildman–Crippen LogP) is 1.59. The van der Waals surface area contributed by atoms with Gasteiger partial charge in [-0.05, 0) is 31.5 Å². The smallest absolute Gasteiger partial charge is 0.184 e. The van der Waals surface area contributed by atoms with Crippen molar-refractivity contribution in [2.75, 3.05) is 6.54 Å². The average molecular weight is 256 g/mol. The van der Waals surface area contributed by atoms with E-state index in [9.17, 15) is 4.79 Å². The zero-order valence-corrected chi connectivity index (χ0v) is 10.6. The van der Waals surface area contributed by atoms with Crippen molar-refractivity contribution in [3.8, 4) is 5.69 Å². The summed E-state index contributed by atoms with van der Waals surface area (Å²) in [5.74, 6) is 0.0910. The van der Waals surface area contributed by atoms with Crippen LogP contribution in [0, 0.1) is 0 Å². The predicted molar refractivity (Wildman–Crippen MR) is 71.3 cm³/mol. The summed E-state index contributed by atoms with van der Waals surface area (Å²) in [6, 6.07) is 9.91.